The number of ether oxygens (including phenoxy) is 2. The summed E-state index contributed by atoms with van der Waals surface area (Å²) in [5, 5.41) is 36.9. The molecule has 6 nitrogen and oxygen atoms in total. The molecule has 3 N–H and O–H groups in total. The summed E-state index contributed by atoms with van der Waals surface area (Å²) >= 11 is 0. The minimum Gasteiger partial charge on any atom is -0.394 e. The topological polar surface area (TPSA) is 103 Å². The Morgan fingerprint density at radius 1 is 1.37 bits per heavy atom. The van der Waals surface area contributed by atoms with Crippen molar-refractivity contribution in [1.29, 1.82) is 5.26 Å². The second-order valence-electron chi connectivity index (χ2n) is 5.35. The quantitative estimate of drug-likeness (QED) is 0.635. The Bertz CT molecular complexity index is 344. The maximum Gasteiger partial charge on any atom is 0.120 e. The van der Waals surface area contributed by atoms with Crippen molar-refractivity contribution in [3.63, 3.8) is 0 Å². The lowest BCUT2D eigenvalue weighted by Crippen LogP contribution is -2.51. The van der Waals surface area contributed by atoms with E-state index in [1.165, 1.54) is 0 Å². The second kappa shape index (κ2) is 6.16. The monoisotopic (exact) mass is 271 g/mol. The summed E-state index contributed by atoms with van der Waals surface area (Å²) in [5.41, 5.74) is -0.792. The van der Waals surface area contributed by atoms with Gasteiger partial charge in [0.2, 0.25) is 0 Å². The molecule has 2 saturated heterocycles. The highest BCUT2D eigenvalue weighted by Gasteiger charge is 2.54. The summed E-state index contributed by atoms with van der Waals surface area (Å²) in [5.74, 6) is 0. The van der Waals surface area contributed by atoms with Crippen molar-refractivity contribution in [2.45, 2.75) is 62.1 Å². The fourth-order valence-corrected chi connectivity index (χ4v) is 3.02. The van der Waals surface area contributed by atoms with Crippen LogP contribution in [-0.4, -0.2) is 58.6 Å². The van der Waals surface area contributed by atoms with Crippen molar-refractivity contribution in [3.05, 3.63) is 0 Å². The van der Waals surface area contributed by atoms with Gasteiger partial charge in [-0.3, -0.25) is 0 Å². The lowest BCUT2D eigenvalue weighted by Gasteiger charge is -2.40. The van der Waals surface area contributed by atoms with Crippen LogP contribution in [0, 0.1) is 11.3 Å². The van der Waals surface area contributed by atoms with Crippen LogP contribution in [0.2, 0.25) is 0 Å². The zero-order valence-corrected chi connectivity index (χ0v) is 10.9. The Morgan fingerprint density at radius 2 is 2.16 bits per heavy atom. The fourth-order valence-electron chi connectivity index (χ4n) is 3.02. The third-order valence-corrected chi connectivity index (χ3v) is 4.09. The molecule has 2 unspecified atom stereocenters. The van der Waals surface area contributed by atoms with E-state index in [2.05, 4.69) is 6.07 Å². The molecule has 0 bridgehead atoms. The predicted molar refractivity (Wildman–Crippen MR) is 65.1 cm³/mol. The average molecular weight is 271 g/mol. The van der Waals surface area contributed by atoms with E-state index in [1.54, 1.807) is 0 Å². The van der Waals surface area contributed by atoms with E-state index in [4.69, 9.17) is 19.8 Å². The number of fused-ring (bicyclic) bond motifs is 1. The van der Waals surface area contributed by atoms with Gasteiger partial charge in [-0.1, -0.05) is 0 Å². The Hall–Kier alpha value is -0.710. The zero-order chi connectivity index (χ0) is 13.9. The van der Waals surface area contributed by atoms with Crippen LogP contribution >= 0.6 is 0 Å². The van der Waals surface area contributed by atoms with E-state index < -0.39 is 17.8 Å². The maximum atomic E-state index is 9.67. The summed E-state index contributed by atoms with van der Waals surface area (Å²) in [4.78, 5) is 0. The van der Waals surface area contributed by atoms with E-state index in [0.717, 1.165) is 12.8 Å². The van der Waals surface area contributed by atoms with Gasteiger partial charge in [0.25, 0.3) is 0 Å². The number of aliphatic hydroxyl groups is 3. The molecule has 2 heterocycles. The van der Waals surface area contributed by atoms with Gasteiger partial charge in [-0.15, -0.1) is 0 Å². The molecule has 0 aliphatic carbocycles. The molecule has 2 aliphatic heterocycles. The van der Waals surface area contributed by atoms with E-state index in [0.29, 0.717) is 19.3 Å². The summed E-state index contributed by atoms with van der Waals surface area (Å²) in [6.07, 6.45) is 1.24. The third kappa shape index (κ3) is 2.91. The van der Waals surface area contributed by atoms with Crippen LogP contribution < -0.4 is 0 Å². The number of hydrogen-bond acceptors (Lipinski definition) is 6. The fraction of sp³-hybridized carbons (Fsp3) is 0.923. The van der Waals surface area contributed by atoms with Crippen molar-refractivity contribution in [2.75, 3.05) is 13.2 Å². The van der Waals surface area contributed by atoms with Gasteiger partial charge in [-0.05, 0) is 19.3 Å². The zero-order valence-electron chi connectivity index (χ0n) is 10.9. The van der Waals surface area contributed by atoms with Crippen molar-refractivity contribution in [3.8, 4) is 6.07 Å². The normalized spacial score (nSPS) is 39.6. The smallest absolute Gasteiger partial charge is 0.120 e. The molecule has 0 spiro atoms. The molecule has 6 heteroatoms. The van der Waals surface area contributed by atoms with E-state index in [1.807, 2.05) is 0 Å². The molecule has 108 valence electrons. The lowest BCUT2D eigenvalue weighted by molar-refractivity contribution is -0.185. The van der Waals surface area contributed by atoms with Gasteiger partial charge in [-0.2, -0.15) is 5.26 Å². The number of hydrogen-bond donors (Lipinski definition) is 3. The molecule has 0 aromatic rings. The Labute approximate surface area is 112 Å². The minimum absolute atomic E-state index is 0.0448. The molecule has 0 radical (unpaired) electrons. The van der Waals surface area contributed by atoms with E-state index in [-0.39, 0.29) is 25.4 Å². The second-order valence-corrected chi connectivity index (χ2v) is 5.35. The van der Waals surface area contributed by atoms with Crippen molar-refractivity contribution in [2.24, 2.45) is 0 Å². The van der Waals surface area contributed by atoms with Gasteiger partial charge in [0.1, 0.15) is 11.7 Å². The molecule has 0 aromatic carbocycles. The van der Waals surface area contributed by atoms with E-state index >= 15 is 0 Å². The minimum atomic E-state index is -0.949. The van der Waals surface area contributed by atoms with Crippen molar-refractivity contribution >= 4 is 0 Å². The summed E-state index contributed by atoms with van der Waals surface area (Å²) in [6, 6.07) is 2.09. The van der Waals surface area contributed by atoms with Gasteiger partial charge in [-0.25, -0.2) is 0 Å². The first-order valence-electron chi connectivity index (χ1n) is 6.75. The van der Waals surface area contributed by atoms with Crippen LogP contribution in [-0.2, 0) is 9.47 Å². The van der Waals surface area contributed by atoms with Crippen LogP contribution in [0.1, 0.15) is 32.1 Å². The highest BCUT2D eigenvalue weighted by Crippen LogP contribution is 2.42. The Balaban J connectivity index is 2.02. The van der Waals surface area contributed by atoms with Gasteiger partial charge < -0.3 is 24.8 Å². The molecule has 0 saturated carbocycles. The molecule has 19 heavy (non-hydrogen) atoms. The first-order chi connectivity index (χ1) is 9.15. The van der Waals surface area contributed by atoms with Crippen LogP contribution in [0.3, 0.4) is 0 Å². The first kappa shape index (κ1) is 14.7. The SMILES string of the molecule is N#CCCC1CCC2O[C@@H]([C@H](O)CO)C[C@]2(CO)O1. The summed E-state index contributed by atoms with van der Waals surface area (Å²) in [7, 11) is 0. The molecule has 0 amide bonds. The molecular formula is C13H21NO5. The van der Waals surface area contributed by atoms with E-state index in [9.17, 15) is 10.2 Å². The van der Waals surface area contributed by atoms with Gasteiger partial charge in [0, 0.05) is 12.8 Å². The number of rotatable bonds is 5. The van der Waals surface area contributed by atoms with Gasteiger partial charge >= 0.3 is 0 Å². The standard InChI is InChI=1S/C13H21NO5/c14-5-1-2-9-3-4-12-13(8-16,19-9)6-11(18-12)10(17)7-15/h9-12,15-17H,1-4,6-8H2/t9?,10-,11-,12?,13-/m1/s1. The summed E-state index contributed by atoms with van der Waals surface area (Å²) < 4.78 is 11.7. The first-order valence-corrected chi connectivity index (χ1v) is 6.75. The average Bonchev–Trinajstić information content (AvgIpc) is 2.83. The highest BCUT2D eigenvalue weighted by molar-refractivity contribution is 5.02. The predicted octanol–water partition coefficient (Wildman–Crippen LogP) is -0.289. The molecule has 2 aliphatic rings. The molecular weight excluding hydrogens is 250 g/mol. The number of nitrogens with zero attached hydrogens (tertiary/aromatic N) is 1. The summed E-state index contributed by atoms with van der Waals surface area (Å²) in [6.45, 7) is -0.536. The molecule has 0 aromatic heterocycles. The highest BCUT2D eigenvalue weighted by atomic mass is 16.6. The van der Waals surface area contributed by atoms with Crippen LogP contribution in [0.5, 0.6) is 0 Å². The van der Waals surface area contributed by atoms with Crippen molar-refractivity contribution < 1.29 is 24.8 Å². The van der Waals surface area contributed by atoms with Crippen LogP contribution in [0.25, 0.3) is 0 Å². The van der Waals surface area contributed by atoms with Gasteiger partial charge in [0.15, 0.2) is 0 Å². The Morgan fingerprint density at radius 3 is 2.79 bits per heavy atom. The Kier molecular flexibility index (Phi) is 4.76. The molecule has 2 rings (SSSR count). The molecule has 2 fully saturated rings. The molecule has 5 atom stereocenters. The number of nitriles is 1. The van der Waals surface area contributed by atoms with Crippen LogP contribution in [0.4, 0.5) is 0 Å². The largest absolute Gasteiger partial charge is 0.394 e. The third-order valence-electron chi connectivity index (χ3n) is 4.09. The van der Waals surface area contributed by atoms with Crippen LogP contribution in [0.15, 0.2) is 0 Å². The van der Waals surface area contributed by atoms with Gasteiger partial charge in [0.05, 0.1) is 37.6 Å². The maximum absolute atomic E-state index is 9.67. The number of aliphatic hydroxyl groups excluding tert-OH is 3. The van der Waals surface area contributed by atoms with Crippen molar-refractivity contribution in [1.82, 2.24) is 0 Å². The lowest BCUT2D eigenvalue weighted by atomic mass is 9.86.